The van der Waals surface area contributed by atoms with Crippen molar-refractivity contribution < 1.29 is 63.3 Å². The maximum absolute atomic E-state index is 14.0. The van der Waals surface area contributed by atoms with Crippen molar-refractivity contribution in [2.45, 2.75) is 154 Å². The number of aliphatic hydroxyl groups is 2. The molecular formula is C42H77N13O13S. The van der Waals surface area contributed by atoms with Gasteiger partial charge in [-0.1, -0.05) is 41.5 Å². The number of primary amides is 1. The molecule has 0 rings (SSSR count). The van der Waals surface area contributed by atoms with Gasteiger partial charge in [0.25, 0.3) is 0 Å². The monoisotopic (exact) mass is 1000 g/mol. The minimum atomic E-state index is -1.68. The number of carboxylic acid groups (broad SMARTS) is 1. The van der Waals surface area contributed by atoms with E-state index in [1.54, 1.807) is 47.8 Å². The topological polar surface area (TPSA) is 444 Å². The Morgan fingerprint density at radius 1 is 0.565 bits per heavy atom. The Morgan fingerprint density at radius 2 is 1.04 bits per heavy atom. The van der Waals surface area contributed by atoms with Gasteiger partial charge in [0, 0.05) is 13.0 Å². The molecule has 26 nitrogen and oxygen atoms in total. The summed E-state index contributed by atoms with van der Waals surface area (Å²) in [4.78, 5) is 135. The van der Waals surface area contributed by atoms with Crippen LogP contribution in [0.3, 0.4) is 0 Å². The van der Waals surface area contributed by atoms with Crippen LogP contribution in [0.25, 0.3) is 0 Å². The smallest absolute Gasteiger partial charge is 0.326 e. The van der Waals surface area contributed by atoms with Crippen molar-refractivity contribution in [3.8, 4) is 0 Å². The summed E-state index contributed by atoms with van der Waals surface area (Å²) in [6.45, 7) is 11.7. The molecule has 394 valence electrons. The first-order valence-corrected chi connectivity index (χ1v) is 24.0. The Kier molecular flexibility index (Phi) is 29.4. The van der Waals surface area contributed by atoms with E-state index in [4.69, 9.17) is 22.9 Å². The van der Waals surface area contributed by atoms with Crippen molar-refractivity contribution in [1.82, 2.24) is 42.5 Å². The first-order valence-electron chi connectivity index (χ1n) is 22.6. The highest BCUT2D eigenvalue weighted by Crippen LogP contribution is 2.12. The number of hydrogen-bond donors (Lipinski definition) is 15. The van der Waals surface area contributed by atoms with Gasteiger partial charge in [-0.2, -0.15) is 11.8 Å². The van der Waals surface area contributed by atoms with Crippen LogP contribution in [0.2, 0.25) is 0 Å². The lowest BCUT2D eigenvalue weighted by molar-refractivity contribution is -0.143. The van der Waals surface area contributed by atoms with Gasteiger partial charge < -0.3 is 80.8 Å². The minimum absolute atomic E-state index is 0.0129. The van der Waals surface area contributed by atoms with Gasteiger partial charge >= 0.3 is 5.97 Å². The van der Waals surface area contributed by atoms with Gasteiger partial charge in [0.1, 0.15) is 48.3 Å². The number of amides is 9. The van der Waals surface area contributed by atoms with Crippen LogP contribution in [-0.4, -0.2) is 166 Å². The van der Waals surface area contributed by atoms with Crippen molar-refractivity contribution in [2.24, 2.45) is 45.7 Å². The number of carbonyl (C=O) groups is 10. The summed E-state index contributed by atoms with van der Waals surface area (Å²) in [6, 6.07) is -11.1. The SMILES string of the molecule is CSCC[C@H](NC(=O)[C@@H](N)[C@@H](C)O)C(=O)N[C@H](C(=O)N[C@@H](CCCN=C(N)N)C(=O)N[C@H](C(=O)N[C@@H](CC(C)C)C(=O)N[C@@H](CCC(N)=O)C(=O)NCC(=O)N[C@H](C(=O)O)C(C)C)C(C)C)[C@@H](C)O. The second-order valence-electron chi connectivity index (χ2n) is 17.7. The molecule has 10 atom stereocenters. The van der Waals surface area contributed by atoms with Gasteiger partial charge in [-0.25, -0.2) is 4.79 Å². The molecule has 0 radical (unpaired) electrons. The number of thioether (sulfide) groups is 1. The standard InChI is InChI=1S/C42H77N13O13S/c1-19(2)17-27(37(63)49-25(12-13-28(43)58)34(60)48-18-29(59)53-32(21(5)6)41(67)68)52-39(65)31(20(3)4)54-35(61)24(11-10-15-47-42(45)46)51-40(66)33(23(8)57)55-36(62)26(14-16-69-9)50-38(64)30(44)22(7)56/h19-27,30-33,56-57H,10-18,44H2,1-9H3,(H2,43,58)(H,48,60)(H,49,63)(H,50,64)(H,51,66)(H,52,65)(H,53,59)(H,54,61)(H,55,62)(H,67,68)(H4,45,46,47)/t22-,23-,24+,25+,26+,27+,30+,31+,32+,33+/m1/s1. The fourth-order valence-electron chi connectivity index (χ4n) is 6.29. The van der Waals surface area contributed by atoms with E-state index < -0.39 is 138 Å². The molecule has 0 aromatic heterocycles. The molecular weight excluding hydrogens is 927 g/mol. The quantitative estimate of drug-likeness (QED) is 0.0166. The largest absolute Gasteiger partial charge is 0.480 e. The number of aliphatic hydroxyl groups excluding tert-OH is 2. The van der Waals surface area contributed by atoms with Crippen LogP contribution in [0, 0.1) is 17.8 Å². The van der Waals surface area contributed by atoms with Crippen LogP contribution in [-0.2, 0) is 47.9 Å². The molecule has 0 aromatic rings. The van der Waals surface area contributed by atoms with Gasteiger partial charge in [-0.3, -0.25) is 48.1 Å². The molecule has 0 saturated carbocycles. The lowest BCUT2D eigenvalue weighted by Crippen LogP contribution is -2.62. The summed E-state index contributed by atoms with van der Waals surface area (Å²) >= 11 is 1.36. The number of nitrogens with two attached hydrogens (primary N) is 4. The van der Waals surface area contributed by atoms with E-state index in [0.717, 1.165) is 0 Å². The molecule has 0 unspecified atom stereocenters. The molecule has 19 N–H and O–H groups in total. The maximum Gasteiger partial charge on any atom is 0.326 e. The van der Waals surface area contributed by atoms with Crippen LogP contribution in [0.4, 0.5) is 0 Å². The average Bonchev–Trinajstić information content (AvgIpc) is 3.24. The van der Waals surface area contributed by atoms with Gasteiger partial charge in [-0.05, 0) is 75.7 Å². The molecule has 0 aliphatic rings. The predicted octanol–water partition coefficient (Wildman–Crippen LogP) is -4.90. The Hall–Kier alpha value is -5.80. The lowest BCUT2D eigenvalue weighted by atomic mass is 9.98. The van der Waals surface area contributed by atoms with Crippen LogP contribution < -0.4 is 65.5 Å². The number of guanidine groups is 1. The molecule has 9 amide bonds. The summed E-state index contributed by atoms with van der Waals surface area (Å²) in [5, 5.41) is 49.5. The number of nitrogens with zero attached hydrogens (tertiary/aromatic N) is 1. The number of aliphatic carboxylic acids is 1. The fourth-order valence-corrected chi connectivity index (χ4v) is 6.77. The van der Waals surface area contributed by atoms with Crippen LogP contribution >= 0.6 is 11.8 Å². The highest BCUT2D eigenvalue weighted by atomic mass is 32.2. The Morgan fingerprint density at radius 3 is 1.52 bits per heavy atom. The van der Waals surface area contributed by atoms with E-state index in [0.29, 0.717) is 5.75 Å². The maximum atomic E-state index is 14.0. The summed E-state index contributed by atoms with van der Waals surface area (Å²) < 4.78 is 0. The predicted molar refractivity (Wildman–Crippen MR) is 256 cm³/mol. The van der Waals surface area contributed by atoms with Gasteiger partial charge in [0.05, 0.1) is 18.8 Å². The van der Waals surface area contributed by atoms with Crippen molar-refractivity contribution in [1.29, 1.82) is 0 Å². The Bertz CT molecular complexity index is 1780. The van der Waals surface area contributed by atoms with Crippen molar-refractivity contribution in [3.63, 3.8) is 0 Å². The number of nitrogens with one attached hydrogen (secondary N) is 8. The molecule has 69 heavy (non-hydrogen) atoms. The fraction of sp³-hybridized carbons (Fsp3) is 0.738. The van der Waals surface area contributed by atoms with E-state index in [1.165, 1.54) is 25.6 Å². The van der Waals surface area contributed by atoms with Crippen molar-refractivity contribution >= 4 is 76.9 Å². The Labute approximate surface area is 406 Å². The lowest BCUT2D eigenvalue weighted by Gasteiger charge is -2.30. The number of aliphatic imine (C=N–C) groups is 1. The normalized spacial score (nSPS) is 15.6. The molecule has 0 fully saturated rings. The third kappa shape index (κ3) is 24.9. The summed E-state index contributed by atoms with van der Waals surface area (Å²) in [6.07, 6.45) is -1.64. The van der Waals surface area contributed by atoms with Crippen LogP contribution in [0.15, 0.2) is 4.99 Å². The summed E-state index contributed by atoms with van der Waals surface area (Å²) in [5.74, 6) is -10.4. The molecule has 27 heteroatoms. The highest BCUT2D eigenvalue weighted by molar-refractivity contribution is 7.98. The Balaban J connectivity index is 6.54. The van der Waals surface area contributed by atoms with E-state index >= 15 is 0 Å². The number of carboxylic acids is 1. The van der Waals surface area contributed by atoms with Crippen LogP contribution in [0.1, 0.15) is 93.9 Å². The van der Waals surface area contributed by atoms with Crippen molar-refractivity contribution in [2.75, 3.05) is 25.1 Å². The second kappa shape index (κ2) is 32.1. The van der Waals surface area contributed by atoms with Gasteiger partial charge in [0.15, 0.2) is 5.96 Å². The number of rotatable bonds is 33. The third-order valence-corrected chi connectivity index (χ3v) is 10.9. The third-order valence-electron chi connectivity index (χ3n) is 10.3. The summed E-state index contributed by atoms with van der Waals surface area (Å²) in [5.41, 5.74) is 22.0. The molecule has 0 aromatic carbocycles. The first-order chi connectivity index (χ1) is 32.0. The molecule has 0 spiro atoms. The molecule has 0 aliphatic heterocycles. The zero-order valence-corrected chi connectivity index (χ0v) is 41.8. The van der Waals surface area contributed by atoms with Gasteiger partial charge in [0.2, 0.25) is 53.2 Å². The molecule has 0 aliphatic carbocycles. The van der Waals surface area contributed by atoms with Crippen molar-refractivity contribution in [3.05, 3.63) is 0 Å². The number of hydrogen-bond acceptors (Lipinski definition) is 15. The zero-order chi connectivity index (χ0) is 53.3. The zero-order valence-electron chi connectivity index (χ0n) is 41.0. The molecule has 0 heterocycles. The van der Waals surface area contributed by atoms with Gasteiger partial charge in [-0.15, -0.1) is 0 Å². The van der Waals surface area contributed by atoms with Crippen LogP contribution in [0.5, 0.6) is 0 Å². The molecule has 0 saturated heterocycles. The number of carbonyl (C=O) groups excluding carboxylic acids is 9. The first kappa shape index (κ1) is 63.2. The van der Waals surface area contributed by atoms with E-state index in [-0.39, 0.29) is 56.9 Å². The van der Waals surface area contributed by atoms with E-state index in [2.05, 4.69) is 47.5 Å². The summed E-state index contributed by atoms with van der Waals surface area (Å²) in [7, 11) is 0. The highest BCUT2D eigenvalue weighted by Gasteiger charge is 2.36. The van der Waals surface area contributed by atoms with E-state index in [9.17, 15) is 63.3 Å². The molecule has 0 bridgehead atoms. The van der Waals surface area contributed by atoms with E-state index in [1.807, 2.05) is 0 Å². The second-order valence-corrected chi connectivity index (χ2v) is 18.7. The average molecular weight is 1000 g/mol. The minimum Gasteiger partial charge on any atom is -0.480 e.